The van der Waals surface area contributed by atoms with Gasteiger partial charge in [0, 0.05) is 5.69 Å². The van der Waals surface area contributed by atoms with Crippen molar-refractivity contribution in [1.29, 1.82) is 0 Å². The Hall–Kier alpha value is -2.63. The van der Waals surface area contributed by atoms with Crippen molar-refractivity contribution in [1.82, 2.24) is 9.97 Å². The summed E-state index contributed by atoms with van der Waals surface area (Å²) in [7, 11) is 0. The highest BCUT2D eigenvalue weighted by Crippen LogP contribution is 2.17. The van der Waals surface area contributed by atoms with Gasteiger partial charge in [0.05, 0.1) is 30.7 Å². The first-order valence-corrected chi connectivity index (χ1v) is 6.69. The lowest BCUT2D eigenvalue weighted by Crippen LogP contribution is -2.12. The van der Waals surface area contributed by atoms with Crippen LogP contribution >= 0.6 is 0 Å². The number of hydrogen-bond acceptors (Lipinski definition) is 6. The van der Waals surface area contributed by atoms with E-state index in [1.165, 1.54) is 6.20 Å². The smallest absolute Gasteiger partial charge is 0.341 e. The summed E-state index contributed by atoms with van der Waals surface area (Å²) in [4.78, 5) is 20.4. The first-order valence-electron chi connectivity index (χ1n) is 6.69. The van der Waals surface area contributed by atoms with Crippen LogP contribution < -0.4 is 11.1 Å². The molecule has 110 valence electrons. The van der Waals surface area contributed by atoms with Crippen LogP contribution in [0.25, 0.3) is 0 Å². The maximum atomic E-state index is 11.9. The first kappa shape index (κ1) is 14.8. The van der Waals surface area contributed by atoms with E-state index in [1.807, 2.05) is 25.1 Å². The van der Waals surface area contributed by atoms with Crippen LogP contribution in [-0.4, -0.2) is 22.5 Å². The van der Waals surface area contributed by atoms with Crippen LogP contribution in [0.2, 0.25) is 0 Å². The van der Waals surface area contributed by atoms with Crippen LogP contribution in [-0.2, 0) is 11.3 Å². The highest BCUT2D eigenvalue weighted by atomic mass is 16.5. The van der Waals surface area contributed by atoms with Crippen molar-refractivity contribution >= 4 is 17.5 Å². The zero-order valence-corrected chi connectivity index (χ0v) is 12.1. The van der Waals surface area contributed by atoms with Gasteiger partial charge in [0.2, 0.25) is 0 Å². The molecule has 0 fully saturated rings. The van der Waals surface area contributed by atoms with E-state index in [0.717, 1.165) is 11.4 Å². The molecular weight excluding hydrogens is 268 g/mol. The predicted molar refractivity (Wildman–Crippen MR) is 80.9 cm³/mol. The zero-order valence-electron chi connectivity index (χ0n) is 12.1. The van der Waals surface area contributed by atoms with Gasteiger partial charge in [-0.3, -0.25) is 4.98 Å². The molecule has 2 aromatic rings. The lowest BCUT2D eigenvalue weighted by molar-refractivity contribution is 0.0527. The van der Waals surface area contributed by atoms with Crippen LogP contribution in [0.1, 0.15) is 28.7 Å². The summed E-state index contributed by atoms with van der Waals surface area (Å²) < 4.78 is 5.00. The van der Waals surface area contributed by atoms with Gasteiger partial charge in [-0.1, -0.05) is 6.07 Å². The third kappa shape index (κ3) is 3.92. The SMILES string of the molecule is CCOC(=O)c1cc(N)cnc1NCc1cccc(C)n1. The second-order valence-electron chi connectivity index (χ2n) is 4.51. The molecule has 6 heteroatoms. The Bertz CT molecular complexity index is 643. The predicted octanol–water partition coefficient (Wildman–Crippen LogP) is 2.16. The minimum absolute atomic E-state index is 0.298. The number of hydrogen-bond donors (Lipinski definition) is 2. The van der Waals surface area contributed by atoms with Crippen molar-refractivity contribution in [3.8, 4) is 0 Å². The fraction of sp³-hybridized carbons (Fsp3) is 0.267. The maximum Gasteiger partial charge on any atom is 0.341 e. The van der Waals surface area contributed by atoms with Gasteiger partial charge >= 0.3 is 5.97 Å². The molecule has 0 saturated carbocycles. The molecule has 21 heavy (non-hydrogen) atoms. The average molecular weight is 286 g/mol. The van der Waals surface area contributed by atoms with Crippen LogP contribution in [0.3, 0.4) is 0 Å². The van der Waals surface area contributed by atoms with Crippen molar-refractivity contribution in [3.05, 3.63) is 47.4 Å². The van der Waals surface area contributed by atoms with E-state index < -0.39 is 5.97 Å². The Labute approximate surface area is 123 Å². The Morgan fingerprint density at radius 1 is 1.43 bits per heavy atom. The van der Waals surface area contributed by atoms with E-state index in [9.17, 15) is 4.79 Å². The molecule has 2 heterocycles. The molecule has 0 aromatic carbocycles. The number of pyridine rings is 2. The number of aromatic nitrogens is 2. The maximum absolute atomic E-state index is 11.9. The van der Waals surface area contributed by atoms with Crippen LogP contribution in [0.4, 0.5) is 11.5 Å². The number of nitrogens with one attached hydrogen (secondary N) is 1. The number of nitrogens with zero attached hydrogens (tertiary/aromatic N) is 2. The standard InChI is InChI=1S/C15H18N4O2/c1-3-21-15(20)13-7-11(16)8-17-14(13)18-9-12-6-4-5-10(2)19-12/h4-8H,3,9,16H2,1-2H3,(H,17,18). The molecule has 2 rings (SSSR count). The van der Waals surface area contributed by atoms with Crippen molar-refractivity contribution in [2.75, 3.05) is 17.7 Å². The van der Waals surface area contributed by atoms with Crippen molar-refractivity contribution in [2.24, 2.45) is 0 Å². The summed E-state index contributed by atoms with van der Waals surface area (Å²) in [5.74, 6) is -0.0112. The third-order valence-corrected chi connectivity index (χ3v) is 2.79. The highest BCUT2D eigenvalue weighted by Gasteiger charge is 2.14. The monoisotopic (exact) mass is 286 g/mol. The molecule has 0 bridgehead atoms. The van der Waals surface area contributed by atoms with Gasteiger partial charge in [-0.25, -0.2) is 9.78 Å². The largest absolute Gasteiger partial charge is 0.462 e. The van der Waals surface area contributed by atoms with Crippen LogP contribution in [0, 0.1) is 6.92 Å². The second kappa shape index (κ2) is 6.69. The molecule has 0 radical (unpaired) electrons. The molecule has 0 unspecified atom stereocenters. The molecule has 2 aromatic heterocycles. The van der Waals surface area contributed by atoms with Crippen LogP contribution in [0.5, 0.6) is 0 Å². The molecule has 3 N–H and O–H groups in total. The van der Waals surface area contributed by atoms with Gasteiger partial charge in [-0.05, 0) is 32.0 Å². The molecule has 0 aliphatic rings. The Balaban J connectivity index is 2.17. The molecule has 0 aliphatic heterocycles. The number of aryl methyl sites for hydroxylation is 1. The van der Waals surface area contributed by atoms with E-state index in [1.54, 1.807) is 13.0 Å². The quantitative estimate of drug-likeness (QED) is 0.819. The molecule has 0 spiro atoms. The summed E-state index contributed by atoms with van der Waals surface area (Å²) in [6, 6.07) is 7.31. The summed E-state index contributed by atoms with van der Waals surface area (Å²) in [6.45, 7) is 4.44. The lowest BCUT2D eigenvalue weighted by atomic mass is 10.2. The van der Waals surface area contributed by atoms with Crippen molar-refractivity contribution in [3.63, 3.8) is 0 Å². The van der Waals surface area contributed by atoms with Gasteiger partial charge in [-0.15, -0.1) is 0 Å². The molecule has 6 nitrogen and oxygen atoms in total. The van der Waals surface area contributed by atoms with E-state index in [4.69, 9.17) is 10.5 Å². The van der Waals surface area contributed by atoms with E-state index >= 15 is 0 Å². The number of rotatable bonds is 5. The van der Waals surface area contributed by atoms with E-state index in [-0.39, 0.29) is 0 Å². The molecular formula is C15H18N4O2. The van der Waals surface area contributed by atoms with Gasteiger partial charge in [0.1, 0.15) is 11.4 Å². The normalized spacial score (nSPS) is 10.2. The number of anilines is 2. The van der Waals surface area contributed by atoms with Gasteiger partial charge < -0.3 is 15.8 Å². The summed E-state index contributed by atoms with van der Waals surface area (Å²) in [5, 5.41) is 3.09. The Morgan fingerprint density at radius 2 is 2.24 bits per heavy atom. The van der Waals surface area contributed by atoms with Gasteiger partial charge in [-0.2, -0.15) is 0 Å². The van der Waals surface area contributed by atoms with Crippen molar-refractivity contribution in [2.45, 2.75) is 20.4 Å². The van der Waals surface area contributed by atoms with E-state index in [0.29, 0.717) is 30.2 Å². The first-order chi connectivity index (χ1) is 10.1. The topological polar surface area (TPSA) is 90.1 Å². The molecule has 0 aliphatic carbocycles. The van der Waals surface area contributed by atoms with Crippen LogP contribution in [0.15, 0.2) is 30.5 Å². The average Bonchev–Trinajstić information content (AvgIpc) is 2.46. The zero-order chi connectivity index (χ0) is 15.2. The number of nitrogens with two attached hydrogens (primary N) is 1. The fourth-order valence-corrected chi connectivity index (χ4v) is 1.86. The molecule has 0 atom stereocenters. The number of nitrogen functional groups attached to an aromatic ring is 1. The number of carbonyl (C=O) groups is 1. The minimum Gasteiger partial charge on any atom is -0.462 e. The summed E-state index contributed by atoms with van der Waals surface area (Å²) >= 11 is 0. The van der Waals surface area contributed by atoms with E-state index in [2.05, 4.69) is 15.3 Å². The third-order valence-electron chi connectivity index (χ3n) is 2.79. The lowest BCUT2D eigenvalue weighted by Gasteiger charge is -2.11. The number of esters is 1. The van der Waals surface area contributed by atoms with Crippen molar-refractivity contribution < 1.29 is 9.53 Å². The Kier molecular flexibility index (Phi) is 4.71. The minimum atomic E-state index is -0.447. The van der Waals surface area contributed by atoms with Gasteiger partial charge in [0.25, 0.3) is 0 Å². The second-order valence-corrected chi connectivity index (χ2v) is 4.51. The number of carbonyl (C=O) groups excluding carboxylic acids is 1. The molecule has 0 amide bonds. The van der Waals surface area contributed by atoms with Gasteiger partial charge in [0.15, 0.2) is 0 Å². The molecule has 0 saturated heterocycles. The Morgan fingerprint density at radius 3 is 2.95 bits per heavy atom. The number of ether oxygens (including phenoxy) is 1. The highest BCUT2D eigenvalue weighted by molar-refractivity contribution is 5.95. The summed E-state index contributed by atoms with van der Waals surface area (Å²) in [5.41, 5.74) is 8.22. The fourth-order valence-electron chi connectivity index (χ4n) is 1.86. The summed E-state index contributed by atoms with van der Waals surface area (Å²) in [6.07, 6.45) is 1.49.